The van der Waals surface area contributed by atoms with E-state index in [1.807, 2.05) is 36.4 Å². The first kappa shape index (κ1) is 18.9. The molecular weight excluding hydrogens is 412 g/mol. The molecule has 2 aliphatic heterocycles. The van der Waals surface area contributed by atoms with E-state index in [0.29, 0.717) is 18.1 Å². The van der Waals surface area contributed by atoms with Gasteiger partial charge in [-0.25, -0.2) is 0 Å². The number of carbonyl (C=O) groups excluding carboxylic acids is 1. The molecule has 0 unspecified atom stereocenters. The summed E-state index contributed by atoms with van der Waals surface area (Å²) in [5, 5.41) is 0.792. The van der Waals surface area contributed by atoms with E-state index < -0.39 is 0 Å². The van der Waals surface area contributed by atoms with Crippen LogP contribution in [0.25, 0.3) is 17.2 Å². The fraction of sp³-hybridized carbons (Fsp3) is 0.200. The second kappa shape index (κ2) is 8.66. The molecule has 26 heavy (non-hydrogen) atoms. The Bertz CT molecular complexity index is 829. The molecule has 0 aromatic heterocycles. The molecule has 134 valence electrons. The fourth-order valence-corrected chi connectivity index (χ4v) is 3.81. The quantitative estimate of drug-likeness (QED) is 0.668. The summed E-state index contributed by atoms with van der Waals surface area (Å²) in [7, 11) is 0. The van der Waals surface area contributed by atoms with E-state index in [1.165, 1.54) is 22.9 Å². The molecule has 6 heteroatoms. The van der Waals surface area contributed by atoms with Crippen molar-refractivity contribution in [2.45, 2.75) is 0 Å². The first-order valence-corrected chi connectivity index (χ1v) is 9.12. The lowest BCUT2D eigenvalue weighted by atomic mass is 10.0. The summed E-state index contributed by atoms with van der Waals surface area (Å²) in [5.74, 6) is -0.154. The summed E-state index contributed by atoms with van der Waals surface area (Å²) in [5.41, 5.74) is 3.36. The summed E-state index contributed by atoms with van der Waals surface area (Å²) in [6, 6.07) is 18.5. The van der Waals surface area contributed by atoms with Gasteiger partial charge in [0.15, 0.2) is 5.17 Å². The lowest BCUT2D eigenvalue weighted by Gasteiger charge is -2.27. The van der Waals surface area contributed by atoms with Crippen LogP contribution in [0.1, 0.15) is 5.56 Å². The monoisotopic (exact) mass is 430 g/mol. The van der Waals surface area contributed by atoms with E-state index in [-0.39, 0.29) is 22.9 Å². The maximum Gasteiger partial charge on any atom is 0.286 e. The van der Waals surface area contributed by atoms with E-state index in [2.05, 4.69) is 34.2 Å². The third-order valence-electron chi connectivity index (χ3n) is 4.21. The van der Waals surface area contributed by atoms with Crippen LogP contribution in [-0.4, -0.2) is 42.3 Å². The van der Waals surface area contributed by atoms with Crippen LogP contribution in [0.3, 0.4) is 0 Å². The topological polar surface area (TPSA) is 41.9 Å². The highest BCUT2D eigenvalue weighted by Gasteiger charge is 2.27. The standard InChI is InChI=1S/C20H18N2O2S.BrH/c23-19-18(25-20(21-19)22-10-12-24-13-11-22)14-15-6-8-17(9-7-15)16-4-2-1-3-5-16;/h1-9,14H,10-13H2;1H/b18-14+;. The van der Waals surface area contributed by atoms with E-state index in [1.54, 1.807) is 0 Å². The highest BCUT2D eigenvalue weighted by Crippen LogP contribution is 2.31. The number of amides is 1. The number of amidine groups is 1. The van der Waals surface area contributed by atoms with Gasteiger partial charge in [-0.1, -0.05) is 54.6 Å². The normalized spacial score (nSPS) is 18.6. The molecule has 2 aliphatic rings. The number of rotatable bonds is 2. The highest BCUT2D eigenvalue weighted by molar-refractivity contribution is 8.93. The van der Waals surface area contributed by atoms with E-state index in [4.69, 9.17) is 4.74 Å². The molecule has 1 amide bonds. The number of morpholine rings is 1. The van der Waals surface area contributed by atoms with Crippen molar-refractivity contribution in [3.63, 3.8) is 0 Å². The summed E-state index contributed by atoms with van der Waals surface area (Å²) in [6.07, 6.45) is 1.92. The van der Waals surface area contributed by atoms with Gasteiger partial charge in [-0.3, -0.25) is 4.79 Å². The van der Waals surface area contributed by atoms with E-state index >= 15 is 0 Å². The van der Waals surface area contributed by atoms with Gasteiger partial charge in [0.2, 0.25) is 0 Å². The molecule has 1 saturated heterocycles. The molecule has 4 rings (SSSR count). The summed E-state index contributed by atoms with van der Waals surface area (Å²) < 4.78 is 5.35. The average Bonchev–Trinajstić information content (AvgIpc) is 3.04. The second-order valence-electron chi connectivity index (χ2n) is 5.90. The van der Waals surface area contributed by atoms with Crippen molar-refractivity contribution in [3.05, 3.63) is 65.1 Å². The SMILES string of the molecule is Br.O=C1N=C(N2CCOCC2)S/C1=C/c1ccc(-c2ccccc2)cc1. The Morgan fingerprint density at radius 1 is 0.962 bits per heavy atom. The number of nitrogens with zero attached hydrogens (tertiary/aromatic N) is 2. The summed E-state index contributed by atoms with van der Waals surface area (Å²) in [4.78, 5) is 19.2. The third-order valence-corrected chi connectivity index (χ3v) is 5.25. The van der Waals surface area contributed by atoms with Gasteiger partial charge in [-0.2, -0.15) is 4.99 Å². The molecule has 0 spiro atoms. The molecule has 0 aliphatic carbocycles. The lowest BCUT2D eigenvalue weighted by molar-refractivity contribution is -0.113. The van der Waals surface area contributed by atoms with Crippen LogP contribution in [0.2, 0.25) is 0 Å². The Kier molecular flexibility index (Phi) is 6.29. The minimum absolute atomic E-state index is 0. The molecule has 4 nitrogen and oxygen atoms in total. The van der Waals surface area contributed by atoms with Gasteiger partial charge in [0.1, 0.15) is 0 Å². The molecule has 2 aromatic rings. The Balaban J connectivity index is 0.00000196. The Hall–Kier alpha value is -1.89. The fourth-order valence-electron chi connectivity index (χ4n) is 2.84. The molecule has 0 atom stereocenters. The Morgan fingerprint density at radius 3 is 2.31 bits per heavy atom. The van der Waals surface area contributed by atoms with Crippen molar-refractivity contribution in [2.75, 3.05) is 26.3 Å². The number of carbonyl (C=O) groups is 1. The van der Waals surface area contributed by atoms with E-state index in [0.717, 1.165) is 23.8 Å². The number of benzene rings is 2. The van der Waals surface area contributed by atoms with E-state index in [9.17, 15) is 4.79 Å². The zero-order chi connectivity index (χ0) is 17.1. The van der Waals surface area contributed by atoms with Crippen LogP contribution in [-0.2, 0) is 9.53 Å². The zero-order valence-electron chi connectivity index (χ0n) is 14.1. The molecule has 2 aromatic carbocycles. The van der Waals surface area contributed by atoms with Gasteiger partial charge in [-0.05, 0) is 34.5 Å². The molecular formula is C20H19BrN2O2S. The average molecular weight is 431 g/mol. The van der Waals surface area contributed by atoms with Gasteiger partial charge < -0.3 is 9.64 Å². The second-order valence-corrected chi connectivity index (χ2v) is 6.91. The molecule has 0 radical (unpaired) electrons. The van der Waals surface area contributed by atoms with Crippen molar-refractivity contribution in [3.8, 4) is 11.1 Å². The Labute approximate surface area is 167 Å². The van der Waals surface area contributed by atoms with Crippen molar-refractivity contribution < 1.29 is 9.53 Å². The van der Waals surface area contributed by atoms with Gasteiger partial charge in [-0.15, -0.1) is 17.0 Å². The first-order valence-electron chi connectivity index (χ1n) is 8.30. The molecule has 0 bridgehead atoms. The molecule has 0 saturated carbocycles. The lowest BCUT2D eigenvalue weighted by Crippen LogP contribution is -2.38. The maximum atomic E-state index is 12.2. The van der Waals surface area contributed by atoms with Crippen molar-refractivity contribution in [1.29, 1.82) is 0 Å². The predicted octanol–water partition coefficient (Wildman–Crippen LogP) is 4.23. The largest absolute Gasteiger partial charge is 0.378 e. The molecule has 1 fully saturated rings. The van der Waals surface area contributed by atoms with Crippen LogP contribution in [0.4, 0.5) is 0 Å². The summed E-state index contributed by atoms with van der Waals surface area (Å²) in [6.45, 7) is 2.96. The third kappa shape index (κ3) is 4.26. The van der Waals surface area contributed by atoms with Crippen molar-refractivity contribution >= 4 is 45.9 Å². The number of hydrogen-bond acceptors (Lipinski definition) is 4. The number of hydrogen-bond donors (Lipinski definition) is 0. The van der Waals surface area contributed by atoms with Gasteiger partial charge >= 0.3 is 0 Å². The van der Waals surface area contributed by atoms with Gasteiger partial charge in [0, 0.05) is 13.1 Å². The number of halogens is 1. The smallest absolute Gasteiger partial charge is 0.286 e. The number of thioether (sulfide) groups is 1. The van der Waals surface area contributed by atoms with Crippen LogP contribution < -0.4 is 0 Å². The van der Waals surface area contributed by atoms with Crippen LogP contribution in [0.15, 0.2) is 64.5 Å². The van der Waals surface area contributed by atoms with Crippen LogP contribution in [0.5, 0.6) is 0 Å². The number of ether oxygens (including phenoxy) is 1. The van der Waals surface area contributed by atoms with Crippen molar-refractivity contribution in [2.24, 2.45) is 4.99 Å². The number of aliphatic imine (C=N–C) groups is 1. The zero-order valence-corrected chi connectivity index (χ0v) is 16.7. The van der Waals surface area contributed by atoms with Crippen LogP contribution >= 0.6 is 28.7 Å². The van der Waals surface area contributed by atoms with Crippen molar-refractivity contribution in [1.82, 2.24) is 4.90 Å². The highest BCUT2D eigenvalue weighted by atomic mass is 79.9. The molecule has 0 N–H and O–H groups in total. The minimum atomic E-state index is -0.154. The maximum absolute atomic E-state index is 12.2. The minimum Gasteiger partial charge on any atom is -0.378 e. The first-order chi connectivity index (χ1) is 12.3. The predicted molar refractivity (Wildman–Crippen MR) is 113 cm³/mol. The van der Waals surface area contributed by atoms with Gasteiger partial charge in [0.05, 0.1) is 18.1 Å². The van der Waals surface area contributed by atoms with Crippen LogP contribution in [0, 0.1) is 0 Å². The van der Waals surface area contributed by atoms with Gasteiger partial charge in [0.25, 0.3) is 5.91 Å². The summed E-state index contributed by atoms with van der Waals surface area (Å²) >= 11 is 1.45. The Morgan fingerprint density at radius 2 is 1.62 bits per heavy atom. The molecule has 2 heterocycles.